The maximum absolute atomic E-state index is 12.1. The number of aromatic nitrogens is 2. The van der Waals surface area contributed by atoms with Crippen LogP contribution in [0, 0.1) is 0 Å². The minimum atomic E-state index is -0.548. The highest BCUT2D eigenvalue weighted by atomic mass is 16.6. The first-order valence-corrected chi connectivity index (χ1v) is 8.57. The number of hydrogen-bond acceptors (Lipinski definition) is 5. The van der Waals surface area contributed by atoms with Crippen molar-refractivity contribution in [2.75, 3.05) is 5.32 Å². The van der Waals surface area contributed by atoms with E-state index in [-0.39, 0.29) is 24.7 Å². The molecule has 0 bridgehead atoms. The molecule has 0 aliphatic rings. The standard InChI is InChI=1S/C19H24N4O4/c1-19(2,3)27-18(26)13-7-4-12(5-8-13)6-9-16(25)23-17-14(10-15(20)24)21-11-22-17/h4-5,7-8,11H,6,9-10H2,1-3H3,(H2,20,24)(H,21,22)(H,23,25). The van der Waals surface area contributed by atoms with Gasteiger partial charge in [-0.1, -0.05) is 12.1 Å². The second kappa shape index (κ2) is 8.48. The van der Waals surface area contributed by atoms with E-state index in [0.717, 1.165) is 5.56 Å². The molecule has 8 nitrogen and oxygen atoms in total. The van der Waals surface area contributed by atoms with Crippen LogP contribution >= 0.6 is 0 Å². The first-order chi connectivity index (χ1) is 12.6. The Balaban J connectivity index is 1.88. The number of aromatic amines is 1. The monoisotopic (exact) mass is 372 g/mol. The largest absolute Gasteiger partial charge is 0.456 e. The quantitative estimate of drug-likeness (QED) is 0.640. The van der Waals surface area contributed by atoms with Gasteiger partial charge in [0.1, 0.15) is 5.60 Å². The molecule has 2 amide bonds. The van der Waals surface area contributed by atoms with Crippen molar-refractivity contribution in [1.82, 2.24) is 9.97 Å². The molecule has 0 atom stereocenters. The predicted octanol–water partition coefficient (Wildman–Crippen LogP) is 1.96. The van der Waals surface area contributed by atoms with Gasteiger partial charge >= 0.3 is 5.97 Å². The van der Waals surface area contributed by atoms with E-state index in [1.54, 1.807) is 24.3 Å². The van der Waals surface area contributed by atoms with Crippen LogP contribution < -0.4 is 11.1 Å². The molecule has 0 saturated carbocycles. The molecular weight excluding hydrogens is 348 g/mol. The number of H-pyrrole nitrogens is 1. The third-order valence-corrected chi connectivity index (χ3v) is 3.56. The lowest BCUT2D eigenvalue weighted by molar-refractivity contribution is -0.118. The number of ether oxygens (including phenoxy) is 1. The molecule has 0 fully saturated rings. The molecule has 2 aromatic rings. The van der Waals surface area contributed by atoms with Crippen LogP contribution in [0.3, 0.4) is 0 Å². The van der Waals surface area contributed by atoms with Crippen molar-refractivity contribution >= 4 is 23.6 Å². The van der Waals surface area contributed by atoms with Gasteiger partial charge in [0.25, 0.3) is 0 Å². The number of nitrogens with one attached hydrogen (secondary N) is 2. The molecule has 1 aromatic carbocycles. The molecule has 2 rings (SSSR count). The minimum Gasteiger partial charge on any atom is -0.456 e. The fraction of sp³-hybridized carbons (Fsp3) is 0.368. The summed E-state index contributed by atoms with van der Waals surface area (Å²) < 4.78 is 5.31. The summed E-state index contributed by atoms with van der Waals surface area (Å²) in [5.74, 6) is -0.824. The number of benzene rings is 1. The molecule has 0 aliphatic heterocycles. The van der Waals surface area contributed by atoms with Gasteiger partial charge in [-0.2, -0.15) is 0 Å². The number of imidazole rings is 1. The predicted molar refractivity (Wildman–Crippen MR) is 100 cm³/mol. The molecule has 27 heavy (non-hydrogen) atoms. The van der Waals surface area contributed by atoms with Gasteiger partial charge in [-0.3, -0.25) is 9.59 Å². The van der Waals surface area contributed by atoms with E-state index in [2.05, 4.69) is 15.3 Å². The molecule has 0 unspecified atom stereocenters. The van der Waals surface area contributed by atoms with Crippen LogP contribution in [0.2, 0.25) is 0 Å². The van der Waals surface area contributed by atoms with E-state index in [4.69, 9.17) is 10.5 Å². The summed E-state index contributed by atoms with van der Waals surface area (Å²) in [6.45, 7) is 5.43. The van der Waals surface area contributed by atoms with Gasteiger partial charge in [-0.25, -0.2) is 9.78 Å². The van der Waals surface area contributed by atoms with Gasteiger partial charge in [0.05, 0.1) is 24.0 Å². The molecule has 0 spiro atoms. The number of nitrogens with zero attached hydrogens (tertiary/aromatic N) is 1. The lowest BCUT2D eigenvalue weighted by Gasteiger charge is -2.19. The van der Waals surface area contributed by atoms with Crippen LogP contribution in [0.25, 0.3) is 0 Å². The third kappa shape index (κ3) is 6.58. The lowest BCUT2D eigenvalue weighted by atomic mass is 10.1. The molecule has 1 heterocycles. The second-order valence-corrected chi connectivity index (χ2v) is 7.12. The smallest absolute Gasteiger partial charge is 0.338 e. The van der Waals surface area contributed by atoms with E-state index in [9.17, 15) is 14.4 Å². The number of nitrogens with two attached hydrogens (primary N) is 1. The summed E-state index contributed by atoms with van der Waals surface area (Å²) in [6, 6.07) is 6.94. The van der Waals surface area contributed by atoms with Gasteiger partial charge in [-0.05, 0) is 44.9 Å². The second-order valence-electron chi connectivity index (χ2n) is 7.12. The Hall–Kier alpha value is -3.16. The number of amides is 2. The maximum atomic E-state index is 12.1. The highest BCUT2D eigenvalue weighted by molar-refractivity contribution is 5.91. The fourth-order valence-electron chi connectivity index (χ4n) is 2.33. The molecule has 1 aromatic heterocycles. The van der Waals surface area contributed by atoms with Crippen LogP contribution in [-0.4, -0.2) is 33.4 Å². The Labute approximate surface area is 157 Å². The zero-order valence-electron chi connectivity index (χ0n) is 15.7. The Morgan fingerprint density at radius 1 is 1.19 bits per heavy atom. The third-order valence-electron chi connectivity index (χ3n) is 3.56. The highest BCUT2D eigenvalue weighted by Crippen LogP contribution is 2.14. The van der Waals surface area contributed by atoms with Crippen molar-refractivity contribution in [2.24, 2.45) is 5.73 Å². The number of carbonyl (C=O) groups excluding carboxylic acids is 3. The zero-order chi connectivity index (χ0) is 20.0. The molecular formula is C19H24N4O4. The van der Waals surface area contributed by atoms with Crippen LogP contribution in [0.15, 0.2) is 30.6 Å². The number of aryl methyl sites for hydroxylation is 1. The van der Waals surface area contributed by atoms with Crippen molar-refractivity contribution < 1.29 is 19.1 Å². The van der Waals surface area contributed by atoms with Gasteiger partial charge in [0.15, 0.2) is 5.82 Å². The number of anilines is 1. The van der Waals surface area contributed by atoms with Crippen molar-refractivity contribution in [3.05, 3.63) is 47.4 Å². The normalized spacial score (nSPS) is 11.1. The van der Waals surface area contributed by atoms with Gasteiger partial charge in [-0.15, -0.1) is 0 Å². The van der Waals surface area contributed by atoms with Crippen LogP contribution in [0.5, 0.6) is 0 Å². The number of rotatable bonds is 7. The maximum Gasteiger partial charge on any atom is 0.338 e. The summed E-state index contributed by atoms with van der Waals surface area (Å²) in [5.41, 5.74) is 6.45. The van der Waals surface area contributed by atoms with Crippen LogP contribution in [0.1, 0.15) is 48.8 Å². The SMILES string of the molecule is CC(C)(C)OC(=O)c1ccc(CCC(=O)Nc2nc[nH]c2CC(N)=O)cc1. The number of hydrogen-bond donors (Lipinski definition) is 3. The zero-order valence-corrected chi connectivity index (χ0v) is 15.7. The Kier molecular flexibility index (Phi) is 6.33. The topological polar surface area (TPSA) is 127 Å². The molecule has 4 N–H and O–H groups in total. The molecule has 0 saturated heterocycles. The Morgan fingerprint density at radius 3 is 2.44 bits per heavy atom. The van der Waals surface area contributed by atoms with E-state index >= 15 is 0 Å². The van der Waals surface area contributed by atoms with Crippen molar-refractivity contribution in [3.63, 3.8) is 0 Å². The summed E-state index contributed by atoms with van der Waals surface area (Å²) in [4.78, 5) is 41.8. The van der Waals surface area contributed by atoms with Crippen molar-refractivity contribution in [1.29, 1.82) is 0 Å². The molecule has 144 valence electrons. The van der Waals surface area contributed by atoms with Gasteiger partial charge < -0.3 is 20.8 Å². The Morgan fingerprint density at radius 2 is 1.85 bits per heavy atom. The van der Waals surface area contributed by atoms with Crippen molar-refractivity contribution in [2.45, 2.75) is 45.6 Å². The Bertz CT molecular complexity index is 819. The van der Waals surface area contributed by atoms with E-state index < -0.39 is 11.5 Å². The molecule has 0 aliphatic carbocycles. The first kappa shape index (κ1) is 20.2. The summed E-state index contributed by atoms with van der Waals surface area (Å²) in [6.07, 6.45) is 2.09. The number of primary amides is 1. The number of carbonyl (C=O) groups is 3. The molecule has 0 radical (unpaired) electrons. The number of esters is 1. The summed E-state index contributed by atoms with van der Waals surface area (Å²) in [5, 5.41) is 2.66. The average Bonchev–Trinajstić information content (AvgIpc) is 2.98. The average molecular weight is 372 g/mol. The summed E-state index contributed by atoms with van der Waals surface area (Å²) >= 11 is 0. The van der Waals surface area contributed by atoms with E-state index in [0.29, 0.717) is 23.5 Å². The van der Waals surface area contributed by atoms with Crippen LogP contribution in [-0.2, 0) is 27.2 Å². The van der Waals surface area contributed by atoms with Crippen LogP contribution in [0.4, 0.5) is 5.82 Å². The van der Waals surface area contributed by atoms with Gasteiger partial charge in [0, 0.05) is 6.42 Å². The van der Waals surface area contributed by atoms with Crippen molar-refractivity contribution in [3.8, 4) is 0 Å². The fourth-order valence-corrected chi connectivity index (χ4v) is 2.33. The molecule has 8 heteroatoms. The summed E-state index contributed by atoms with van der Waals surface area (Å²) in [7, 11) is 0. The highest BCUT2D eigenvalue weighted by Gasteiger charge is 2.17. The minimum absolute atomic E-state index is 0.0261. The van der Waals surface area contributed by atoms with E-state index in [1.165, 1.54) is 6.33 Å². The van der Waals surface area contributed by atoms with E-state index in [1.807, 2.05) is 20.8 Å². The first-order valence-electron chi connectivity index (χ1n) is 8.57. The van der Waals surface area contributed by atoms with Gasteiger partial charge in [0.2, 0.25) is 11.8 Å². The lowest BCUT2D eigenvalue weighted by Crippen LogP contribution is -2.23.